The predicted molar refractivity (Wildman–Crippen MR) is 137 cm³/mol. The second kappa shape index (κ2) is 9.87. The van der Waals surface area contributed by atoms with Crippen molar-refractivity contribution in [1.29, 1.82) is 0 Å². The summed E-state index contributed by atoms with van der Waals surface area (Å²) >= 11 is 0. The molecule has 0 saturated heterocycles. The fourth-order valence-corrected chi connectivity index (χ4v) is 4.10. The van der Waals surface area contributed by atoms with Crippen LogP contribution in [-0.4, -0.2) is 33.9 Å². The zero-order valence-electron chi connectivity index (χ0n) is 21.2. The predicted octanol–water partition coefficient (Wildman–Crippen LogP) is 5.36. The lowest BCUT2D eigenvalue weighted by Gasteiger charge is -2.25. The summed E-state index contributed by atoms with van der Waals surface area (Å²) in [5.74, 6) is 0.949. The Labute approximate surface area is 200 Å². The van der Waals surface area contributed by atoms with Gasteiger partial charge in [-0.05, 0) is 57.6 Å². The smallest absolute Gasteiger partial charge is 0.407 e. The van der Waals surface area contributed by atoms with E-state index in [0.717, 1.165) is 28.3 Å². The average Bonchev–Trinajstić information content (AvgIpc) is 2.73. The van der Waals surface area contributed by atoms with Gasteiger partial charge in [-0.2, -0.15) is 0 Å². The molecule has 182 valence electrons. The first-order chi connectivity index (χ1) is 15.9. The van der Waals surface area contributed by atoms with Crippen molar-refractivity contribution in [3.63, 3.8) is 0 Å². The van der Waals surface area contributed by atoms with E-state index >= 15 is 0 Å². The number of carbonyl (C=O) groups excluding carboxylic acids is 1. The molecule has 1 atom stereocenters. The number of aromatic nitrogens is 2. The third-order valence-corrected chi connectivity index (χ3v) is 5.58. The molecule has 0 fully saturated rings. The summed E-state index contributed by atoms with van der Waals surface area (Å²) in [6, 6.07) is 5.47. The van der Waals surface area contributed by atoms with Crippen LogP contribution in [0.15, 0.2) is 35.8 Å². The van der Waals surface area contributed by atoms with E-state index < -0.39 is 11.7 Å². The number of hydrogen-bond donors (Lipinski definition) is 1. The number of rotatable bonds is 7. The number of ether oxygens (including phenoxy) is 2. The Bertz CT molecular complexity index is 1290. The molecule has 1 unspecified atom stereocenters. The van der Waals surface area contributed by atoms with Crippen LogP contribution in [0, 0.1) is 12.8 Å². The summed E-state index contributed by atoms with van der Waals surface area (Å²) in [7, 11) is 1.75. The molecule has 1 N–H and O–H groups in total. The lowest BCUT2D eigenvalue weighted by molar-refractivity contribution is 0.0480. The first kappa shape index (κ1) is 25.3. The Balaban J connectivity index is 1.97. The van der Waals surface area contributed by atoms with Gasteiger partial charge in [-0.3, -0.25) is 9.78 Å². The third-order valence-electron chi connectivity index (χ3n) is 5.58. The van der Waals surface area contributed by atoms with Crippen LogP contribution >= 0.6 is 0 Å². The molecule has 1 amide bonds. The van der Waals surface area contributed by atoms with Gasteiger partial charge in [0.25, 0.3) is 5.56 Å². The fourth-order valence-electron chi connectivity index (χ4n) is 4.10. The van der Waals surface area contributed by atoms with Crippen LogP contribution in [0.1, 0.15) is 52.3 Å². The highest BCUT2D eigenvalue weighted by Crippen LogP contribution is 2.31. The zero-order chi connectivity index (χ0) is 25.2. The first-order valence-corrected chi connectivity index (χ1v) is 11.6. The standard InChI is InChI=1S/C27H35N3O4/c1-9-18-13-21-20-10-11-28-17(4)24(20)25(31)30(8)22(21)14-23(18)33-15-19(12-16(2)3)29-26(32)34-27(5,6)7/h9-11,13-14,16,19H,1,12,15H2,2-8H3,(H,29,32). The van der Waals surface area contributed by atoms with Crippen molar-refractivity contribution in [3.8, 4) is 5.75 Å². The van der Waals surface area contributed by atoms with E-state index in [9.17, 15) is 9.59 Å². The van der Waals surface area contributed by atoms with Gasteiger partial charge in [-0.1, -0.05) is 26.5 Å². The van der Waals surface area contributed by atoms with E-state index in [2.05, 4.69) is 30.7 Å². The molecule has 0 aliphatic carbocycles. The molecule has 0 radical (unpaired) electrons. The number of alkyl carbamates (subject to hydrolysis) is 1. The minimum Gasteiger partial charge on any atom is -0.491 e. The lowest BCUT2D eigenvalue weighted by Crippen LogP contribution is -2.42. The van der Waals surface area contributed by atoms with Gasteiger partial charge in [0.15, 0.2) is 0 Å². The minimum absolute atomic E-state index is 0.102. The highest BCUT2D eigenvalue weighted by Gasteiger charge is 2.21. The summed E-state index contributed by atoms with van der Waals surface area (Å²) in [6.07, 6.45) is 3.71. The van der Waals surface area contributed by atoms with Crippen LogP contribution in [0.5, 0.6) is 5.75 Å². The normalized spacial score (nSPS) is 12.7. The SMILES string of the molecule is C=Cc1cc2c3ccnc(C)c3c(=O)n(C)c2cc1OCC(CC(C)C)NC(=O)OC(C)(C)C. The van der Waals surface area contributed by atoms with Crippen LogP contribution in [0.3, 0.4) is 0 Å². The van der Waals surface area contributed by atoms with Crippen molar-refractivity contribution in [2.24, 2.45) is 13.0 Å². The van der Waals surface area contributed by atoms with Gasteiger partial charge in [0.05, 0.1) is 22.6 Å². The van der Waals surface area contributed by atoms with E-state index in [0.29, 0.717) is 22.7 Å². The topological polar surface area (TPSA) is 82.5 Å². The van der Waals surface area contributed by atoms with Crippen molar-refractivity contribution >= 4 is 33.8 Å². The molecule has 2 heterocycles. The van der Waals surface area contributed by atoms with E-state index in [1.165, 1.54) is 0 Å². The molecular weight excluding hydrogens is 430 g/mol. The molecular formula is C27H35N3O4. The highest BCUT2D eigenvalue weighted by molar-refractivity contribution is 6.07. The van der Waals surface area contributed by atoms with Crippen molar-refractivity contribution in [3.05, 3.63) is 52.6 Å². The van der Waals surface area contributed by atoms with Gasteiger partial charge in [0.1, 0.15) is 18.0 Å². The van der Waals surface area contributed by atoms with Gasteiger partial charge >= 0.3 is 6.09 Å². The fraction of sp³-hybridized carbons (Fsp3) is 0.444. The number of hydrogen-bond acceptors (Lipinski definition) is 5. The van der Waals surface area contributed by atoms with Gasteiger partial charge in [0, 0.05) is 30.3 Å². The maximum atomic E-state index is 13.1. The number of nitrogens with one attached hydrogen (secondary N) is 1. The van der Waals surface area contributed by atoms with Gasteiger partial charge < -0.3 is 19.4 Å². The number of carbonyl (C=O) groups is 1. The molecule has 34 heavy (non-hydrogen) atoms. The Morgan fingerprint density at radius 2 is 1.97 bits per heavy atom. The molecule has 0 aliphatic heterocycles. The van der Waals surface area contributed by atoms with Crippen molar-refractivity contribution in [2.45, 2.75) is 59.6 Å². The summed E-state index contributed by atoms with van der Waals surface area (Å²) in [6.45, 7) is 15.7. The number of fused-ring (bicyclic) bond motifs is 3. The van der Waals surface area contributed by atoms with Crippen LogP contribution in [0.4, 0.5) is 4.79 Å². The van der Waals surface area contributed by atoms with Crippen LogP contribution < -0.4 is 15.6 Å². The average molecular weight is 466 g/mol. The second-order valence-electron chi connectivity index (χ2n) is 10.1. The number of pyridine rings is 2. The molecule has 3 aromatic rings. The monoisotopic (exact) mass is 465 g/mol. The Kier molecular flexibility index (Phi) is 7.34. The Morgan fingerprint density at radius 1 is 1.26 bits per heavy atom. The van der Waals surface area contributed by atoms with Crippen LogP contribution in [0.25, 0.3) is 27.8 Å². The van der Waals surface area contributed by atoms with E-state index in [-0.39, 0.29) is 18.2 Å². The minimum atomic E-state index is -0.580. The molecule has 7 heteroatoms. The largest absolute Gasteiger partial charge is 0.491 e. The van der Waals surface area contributed by atoms with Crippen LogP contribution in [-0.2, 0) is 11.8 Å². The van der Waals surface area contributed by atoms with Crippen molar-refractivity contribution < 1.29 is 14.3 Å². The summed E-state index contributed by atoms with van der Waals surface area (Å²) in [5, 5.41) is 5.32. The molecule has 1 aromatic carbocycles. The lowest BCUT2D eigenvalue weighted by atomic mass is 10.0. The highest BCUT2D eigenvalue weighted by atomic mass is 16.6. The maximum absolute atomic E-state index is 13.1. The first-order valence-electron chi connectivity index (χ1n) is 11.6. The molecule has 7 nitrogen and oxygen atoms in total. The number of amides is 1. The zero-order valence-corrected chi connectivity index (χ0v) is 21.2. The Morgan fingerprint density at radius 3 is 2.59 bits per heavy atom. The van der Waals surface area contributed by atoms with Gasteiger partial charge in [-0.25, -0.2) is 4.79 Å². The second-order valence-corrected chi connectivity index (χ2v) is 10.1. The summed E-state index contributed by atoms with van der Waals surface area (Å²) in [5.41, 5.74) is 1.58. The van der Waals surface area contributed by atoms with E-state index in [1.54, 1.807) is 23.9 Å². The molecule has 0 aliphatic rings. The van der Waals surface area contributed by atoms with Crippen molar-refractivity contribution in [2.75, 3.05) is 6.61 Å². The number of aryl methyl sites for hydroxylation is 2. The van der Waals surface area contributed by atoms with E-state index in [1.807, 2.05) is 45.9 Å². The molecule has 0 spiro atoms. The molecule has 2 aromatic heterocycles. The number of benzene rings is 1. The maximum Gasteiger partial charge on any atom is 0.407 e. The van der Waals surface area contributed by atoms with E-state index in [4.69, 9.17) is 9.47 Å². The summed E-state index contributed by atoms with van der Waals surface area (Å²) in [4.78, 5) is 29.7. The third kappa shape index (κ3) is 5.58. The number of nitrogens with zero attached hydrogens (tertiary/aromatic N) is 2. The quantitative estimate of drug-likeness (QED) is 0.475. The van der Waals surface area contributed by atoms with Crippen molar-refractivity contribution in [1.82, 2.24) is 14.9 Å². The summed E-state index contributed by atoms with van der Waals surface area (Å²) < 4.78 is 13.2. The molecule has 0 saturated carbocycles. The van der Waals surface area contributed by atoms with Crippen LogP contribution in [0.2, 0.25) is 0 Å². The van der Waals surface area contributed by atoms with Gasteiger partial charge in [-0.15, -0.1) is 0 Å². The Hall–Kier alpha value is -3.35. The molecule has 3 rings (SSSR count). The van der Waals surface area contributed by atoms with Gasteiger partial charge in [0.2, 0.25) is 0 Å². The molecule has 0 bridgehead atoms.